The molecular formula is C24H25ClO4S2. The Balaban J connectivity index is 1.98. The van der Waals surface area contributed by atoms with Crippen LogP contribution >= 0.6 is 22.9 Å². The molecule has 2 aromatic carbocycles. The summed E-state index contributed by atoms with van der Waals surface area (Å²) >= 11 is 7.20. The van der Waals surface area contributed by atoms with E-state index >= 15 is 0 Å². The van der Waals surface area contributed by atoms with Gasteiger partial charge in [0.2, 0.25) is 0 Å². The number of hydrogen-bond donors (Lipinski definition) is 1. The Morgan fingerprint density at radius 2 is 1.71 bits per heavy atom. The number of sulfone groups is 1. The molecule has 0 bridgehead atoms. The molecule has 0 radical (unpaired) electrons. The van der Waals surface area contributed by atoms with Crippen LogP contribution in [-0.4, -0.2) is 19.5 Å². The van der Waals surface area contributed by atoms with Crippen molar-refractivity contribution in [3.63, 3.8) is 0 Å². The minimum absolute atomic E-state index is 0.0492. The standard InChI is InChI=1S/C24H25ClO4S2/c1-14(2)9-17-5-7-18(8-6-17)21-12-19(23(30-21)24(26)27)13-31(28,29)22-11-15(3)20(25)10-16(22)4/h5-8,10-12,14H,9,13H2,1-4H3,(H,26,27). The van der Waals surface area contributed by atoms with Crippen LogP contribution in [0, 0.1) is 19.8 Å². The monoisotopic (exact) mass is 476 g/mol. The van der Waals surface area contributed by atoms with E-state index in [-0.39, 0.29) is 15.5 Å². The maximum atomic E-state index is 13.1. The van der Waals surface area contributed by atoms with Crippen LogP contribution in [0.3, 0.4) is 0 Å². The summed E-state index contributed by atoms with van der Waals surface area (Å²) in [5.74, 6) is -0.955. The molecule has 0 unspecified atom stereocenters. The molecule has 0 atom stereocenters. The summed E-state index contributed by atoms with van der Waals surface area (Å²) in [5.41, 5.74) is 3.60. The Kier molecular flexibility index (Phi) is 6.94. The summed E-state index contributed by atoms with van der Waals surface area (Å²) in [6.45, 7) is 7.75. The Morgan fingerprint density at radius 1 is 1.06 bits per heavy atom. The molecule has 0 aliphatic rings. The number of thiophene rings is 1. The van der Waals surface area contributed by atoms with Gasteiger partial charge in [0.25, 0.3) is 0 Å². The van der Waals surface area contributed by atoms with Crippen LogP contribution in [0.15, 0.2) is 47.4 Å². The van der Waals surface area contributed by atoms with Crippen LogP contribution < -0.4 is 0 Å². The van der Waals surface area contributed by atoms with Crippen molar-refractivity contribution in [2.24, 2.45) is 5.92 Å². The van der Waals surface area contributed by atoms with Gasteiger partial charge >= 0.3 is 5.97 Å². The fraction of sp³-hybridized carbons (Fsp3) is 0.292. The predicted molar refractivity (Wildman–Crippen MR) is 127 cm³/mol. The van der Waals surface area contributed by atoms with E-state index in [9.17, 15) is 18.3 Å². The molecule has 31 heavy (non-hydrogen) atoms. The number of halogens is 1. The van der Waals surface area contributed by atoms with Gasteiger partial charge in [-0.25, -0.2) is 13.2 Å². The zero-order valence-electron chi connectivity index (χ0n) is 17.9. The first kappa shape index (κ1) is 23.5. The second kappa shape index (κ2) is 9.15. The van der Waals surface area contributed by atoms with Crippen LogP contribution in [0.1, 0.15) is 45.8 Å². The predicted octanol–water partition coefficient (Wildman–Crippen LogP) is 6.56. The lowest BCUT2D eigenvalue weighted by Gasteiger charge is -2.10. The molecule has 1 aromatic heterocycles. The summed E-state index contributed by atoms with van der Waals surface area (Å²) in [6.07, 6.45) is 0.967. The smallest absolute Gasteiger partial charge is 0.346 e. The van der Waals surface area contributed by atoms with E-state index < -0.39 is 15.8 Å². The SMILES string of the molecule is Cc1cc(S(=O)(=O)Cc2cc(-c3ccc(CC(C)C)cc3)sc2C(=O)O)c(C)cc1Cl. The minimum atomic E-state index is -3.74. The van der Waals surface area contributed by atoms with Crippen molar-refractivity contribution >= 4 is 38.7 Å². The number of carbonyl (C=O) groups is 1. The van der Waals surface area contributed by atoms with Gasteiger partial charge in [-0.3, -0.25) is 0 Å². The average Bonchev–Trinajstić information content (AvgIpc) is 3.08. The average molecular weight is 477 g/mol. The topological polar surface area (TPSA) is 71.4 Å². The molecule has 3 aromatic rings. The van der Waals surface area contributed by atoms with Gasteiger partial charge in [0.15, 0.2) is 9.84 Å². The van der Waals surface area contributed by atoms with E-state index in [0.29, 0.717) is 27.6 Å². The second-order valence-electron chi connectivity index (χ2n) is 8.19. The third-order valence-electron chi connectivity index (χ3n) is 5.02. The molecule has 3 rings (SSSR count). The number of benzene rings is 2. The van der Waals surface area contributed by atoms with Gasteiger partial charge < -0.3 is 5.11 Å². The van der Waals surface area contributed by atoms with Crippen molar-refractivity contribution in [1.29, 1.82) is 0 Å². The van der Waals surface area contributed by atoms with E-state index in [1.807, 2.05) is 24.3 Å². The van der Waals surface area contributed by atoms with E-state index in [4.69, 9.17) is 11.6 Å². The molecular weight excluding hydrogens is 452 g/mol. The first-order chi connectivity index (χ1) is 14.5. The van der Waals surface area contributed by atoms with Gasteiger partial charge in [0.05, 0.1) is 10.6 Å². The molecule has 4 nitrogen and oxygen atoms in total. The highest BCUT2D eigenvalue weighted by Gasteiger charge is 2.25. The Hall–Kier alpha value is -2.15. The van der Waals surface area contributed by atoms with Gasteiger partial charge in [-0.15, -0.1) is 11.3 Å². The molecule has 0 fully saturated rings. The lowest BCUT2D eigenvalue weighted by atomic mass is 10.0. The summed E-state index contributed by atoms with van der Waals surface area (Å²) in [5, 5.41) is 10.2. The molecule has 1 heterocycles. The van der Waals surface area contributed by atoms with Crippen LogP contribution in [0.4, 0.5) is 0 Å². The summed E-state index contributed by atoms with van der Waals surface area (Å²) < 4.78 is 26.2. The van der Waals surface area contributed by atoms with Crippen LogP contribution in [0.25, 0.3) is 10.4 Å². The Morgan fingerprint density at radius 3 is 2.29 bits per heavy atom. The Labute approximate surface area is 192 Å². The zero-order chi connectivity index (χ0) is 22.9. The van der Waals surface area contributed by atoms with E-state index in [1.165, 1.54) is 5.56 Å². The highest BCUT2D eigenvalue weighted by atomic mass is 35.5. The first-order valence-corrected chi connectivity index (χ1v) is 12.8. The highest BCUT2D eigenvalue weighted by molar-refractivity contribution is 7.90. The lowest BCUT2D eigenvalue weighted by Crippen LogP contribution is -2.09. The van der Waals surface area contributed by atoms with Gasteiger partial charge in [-0.05, 0) is 72.2 Å². The molecule has 0 aliphatic carbocycles. The van der Waals surface area contributed by atoms with Crippen molar-refractivity contribution in [3.8, 4) is 10.4 Å². The quantitative estimate of drug-likeness (QED) is 0.419. The summed E-state index contributed by atoms with van der Waals surface area (Å²) in [6, 6.07) is 12.8. The number of hydrogen-bond acceptors (Lipinski definition) is 4. The highest BCUT2D eigenvalue weighted by Crippen LogP contribution is 2.35. The van der Waals surface area contributed by atoms with Crippen molar-refractivity contribution in [3.05, 3.63) is 74.6 Å². The largest absolute Gasteiger partial charge is 0.477 e. The van der Waals surface area contributed by atoms with Gasteiger partial charge in [-0.1, -0.05) is 49.7 Å². The van der Waals surface area contributed by atoms with Gasteiger partial charge in [-0.2, -0.15) is 0 Å². The van der Waals surface area contributed by atoms with Gasteiger partial charge in [0.1, 0.15) is 4.88 Å². The molecule has 164 valence electrons. The van der Waals surface area contributed by atoms with E-state index in [0.717, 1.165) is 28.2 Å². The molecule has 1 N–H and O–H groups in total. The molecule has 0 saturated carbocycles. The first-order valence-electron chi connectivity index (χ1n) is 9.92. The van der Waals surface area contributed by atoms with Crippen molar-refractivity contribution in [2.45, 2.75) is 44.8 Å². The van der Waals surface area contributed by atoms with Crippen molar-refractivity contribution in [2.75, 3.05) is 0 Å². The van der Waals surface area contributed by atoms with Crippen LogP contribution in [0.2, 0.25) is 5.02 Å². The fourth-order valence-electron chi connectivity index (χ4n) is 3.51. The normalized spacial score (nSPS) is 11.8. The number of aromatic carboxylic acids is 1. The number of rotatable bonds is 7. The van der Waals surface area contributed by atoms with Gasteiger partial charge in [0, 0.05) is 9.90 Å². The number of carboxylic acids is 1. The Bertz CT molecular complexity index is 1220. The number of aryl methyl sites for hydroxylation is 2. The summed E-state index contributed by atoms with van der Waals surface area (Å²) in [4.78, 5) is 12.8. The molecule has 7 heteroatoms. The minimum Gasteiger partial charge on any atom is -0.477 e. The fourth-order valence-corrected chi connectivity index (χ4v) is 6.54. The molecule has 0 spiro atoms. The lowest BCUT2D eigenvalue weighted by molar-refractivity contribution is 0.0701. The maximum Gasteiger partial charge on any atom is 0.346 e. The van der Waals surface area contributed by atoms with Crippen LogP contribution in [0.5, 0.6) is 0 Å². The zero-order valence-corrected chi connectivity index (χ0v) is 20.3. The number of carboxylic acid groups (broad SMARTS) is 1. The third kappa shape index (κ3) is 5.37. The summed E-state index contributed by atoms with van der Waals surface area (Å²) in [7, 11) is -3.74. The molecule has 0 saturated heterocycles. The van der Waals surface area contributed by atoms with Crippen molar-refractivity contribution < 1.29 is 18.3 Å². The van der Waals surface area contributed by atoms with E-state index in [2.05, 4.69) is 13.8 Å². The third-order valence-corrected chi connectivity index (χ3v) is 8.45. The molecule has 0 aliphatic heterocycles. The van der Waals surface area contributed by atoms with E-state index in [1.54, 1.807) is 32.0 Å². The van der Waals surface area contributed by atoms with Crippen LogP contribution in [-0.2, 0) is 22.0 Å². The second-order valence-corrected chi connectivity index (χ2v) is 11.6. The maximum absolute atomic E-state index is 13.1. The molecule has 0 amide bonds. The van der Waals surface area contributed by atoms with Crippen molar-refractivity contribution in [1.82, 2.24) is 0 Å².